The SMILES string of the molecule is O=C(NC1CCCCCC1)c1ccc2nc3ccccc3c(=O)n2c1. The normalized spacial score (nSPS) is 16.0. The van der Waals surface area contributed by atoms with Crippen LogP contribution in [0.15, 0.2) is 47.4 Å². The van der Waals surface area contributed by atoms with Crippen molar-refractivity contribution < 1.29 is 4.79 Å². The van der Waals surface area contributed by atoms with Gasteiger partial charge in [0.2, 0.25) is 0 Å². The lowest BCUT2D eigenvalue weighted by atomic mass is 10.1. The largest absolute Gasteiger partial charge is 0.349 e. The summed E-state index contributed by atoms with van der Waals surface area (Å²) in [4.78, 5) is 29.8. The molecule has 0 spiro atoms. The molecule has 0 aliphatic heterocycles. The molecule has 1 saturated carbocycles. The number of nitrogens with zero attached hydrogens (tertiary/aromatic N) is 2. The summed E-state index contributed by atoms with van der Waals surface area (Å²) in [6, 6.07) is 11.0. The van der Waals surface area contributed by atoms with Gasteiger partial charge in [0.15, 0.2) is 0 Å². The summed E-state index contributed by atoms with van der Waals surface area (Å²) < 4.78 is 1.46. The minimum atomic E-state index is -0.148. The van der Waals surface area contributed by atoms with Crippen molar-refractivity contribution in [3.63, 3.8) is 0 Å². The van der Waals surface area contributed by atoms with Crippen LogP contribution < -0.4 is 10.9 Å². The lowest BCUT2D eigenvalue weighted by molar-refractivity contribution is 0.0933. The van der Waals surface area contributed by atoms with Crippen molar-refractivity contribution in [1.82, 2.24) is 14.7 Å². The van der Waals surface area contributed by atoms with Crippen LogP contribution >= 0.6 is 0 Å². The number of hydrogen-bond donors (Lipinski definition) is 1. The second kappa shape index (κ2) is 6.67. The van der Waals surface area contributed by atoms with Gasteiger partial charge in [0.25, 0.3) is 11.5 Å². The number of rotatable bonds is 2. The van der Waals surface area contributed by atoms with Crippen LogP contribution in [0.1, 0.15) is 48.9 Å². The molecule has 25 heavy (non-hydrogen) atoms. The summed E-state index contributed by atoms with van der Waals surface area (Å²) in [6.45, 7) is 0. The zero-order valence-corrected chi connectivity index (χ0v) is 14.1. The molecule has 0 atom stereocenters. The van der Waals surface area contributed by atoms with Gasteiger partial charge >= 0.3 is 0 Å². The Bertz CT molecular complexity index is 985. The third kappa shape index (κ3) is 3.14. The molecule has 1 amide bonds. The minimum Gasteiger partial charge on any atom is -0.349 e. The molecule has 2 heterocycles. The van der Waals surface area contributed by atoms with Crippen LogP contribution in [0.5, 0.6) is 0 Å². The Labute approximate surface area is 145 Å². The third-order valence-corrected chi connectivity index (χ3v) is 4.97. The van der Waals surface area contributed by atoms with E-state index < -0.39 is 0 Å². The Morgan fingerprint density at radius 2 is 1.80 bits per heavy atom. The van der Waals surface area contributed by atoms with E-state index in [2.05, 4.69) is 10.3 Å². The van der Waals surface area contributed by atoms with Gasteiger partial charge in [0.1, 0.15) is 5.65 Å². The van der Waals surface area contributed by atoms with Gasteiger partial charge in [-0.15, -0.1) is 0 Å². The highest BCUT2D eigenvalue weighted by molar-refractivity contribution is 5.94. The first-order chi connectivity index (χ1) is 12.2. The highest BCUT2D eigenvalue weighted by Gasteiger charge is 2.16. The smallest absolute Gasteiger partial charge is 0.265 e. The molecule has 3 aromatic rings. The fraction of sp³-hybridized carbons (Fsp3) is 0.350. The summed E-state index contributed by atoms with van der Waals surface area (Å²) in [5, 5.41) is 3.68. The predicted octanol–water partition coefficient (Wildman–Crippen LogP) is 3.30. The summed E-state index contributed by atoms with van der Waals surface area (Å²) in [6.07, 6.45) is 8.49. The van der Waals surface area contributed by atoms with Crippen LogP contribution in [0.2, 0.25) is 0 Å². The van der Waals surface area contributed by atoms with E-state index in [4.69, 9.17) is 0 Å². The van der Waals surface area contributed by atoms with E-state index in [1.165, 1.54) is 17.2 Å². The van der Waals surface area contributed by atoms with Crippen molar-refractivity contribution in [2.75, 3.05) is 0 Å². The summed E-state index contributed by atoms with van der Waals surface area (Å²) in [5.74, 6) is -0.117. The third-order valence-electron chi connectivity index (χ3n) is 4.97. The number of para-hydroxylation sites is 1. The van der Waals surface area contributed by atoms with Crippen molar-refractivity contribution in [3.8, 4) is 0 Å². The lowest BCUT2D eigenvalue weighted by Crippen LogP contribution is -2.34. The monoisotopic (exact) mass is 335 g/mol. The fourth-order valence-corrected chi connectivity index (χ4v) is 3.58. The number of carbonyl (C=O) groups excluding carboxylic acids is 1. The van der Waals surface area contributed by atoms with Gasteiger partial charge in [-0.05, 0) is 37.1 Å². The lowest BCUT2D eigenvalue weighted by Gasteiger charge is -2.16. The molecule has 0 saturated heterocycles. The van der Waals surface area contributed by atoms with Crippen LogP contribution in [0.25, 0.3) is 16.6 Å². The molecule has 1 fully saturated rings. The summed E-state index contributed by atoms with van der Waals surface area (Å²) >= 11 is 0. The molecule has 0 radical (unpaired) electrons. The minimum absolute atomic E-state index is 0.117. The van der Waals surface area contributed by atoms with Crippen molar-refractivity contribution >= 4 is 22.5 Å². The average Bonchev–Trinajstić information content (AvgIpc) is 2.90. The molecule has 1 aliphatic rings. The first-order valence-electron chi connectivity index (χ1n) is 8.94. The molecule has 2 aromatic heterocycles. The Kier molecular flexibility index (Phi) is 4.22. The second-order valence-corrected chi connectivity index (χ2v) is 6.74. The predicted molar refractivity (Wildman–Crippen MR) is 97.9 cm³/mol. The highest BCUT2D eigenvalue weighted by atomic mass is 16.2. The average molecular weight is 335 g/mol. The van der Waals surface area contributed by atoms with Crippen LogP contribution in [-0.2, 0) is 0 Å². The van der Waals surface area contributed by atoms with Gasteiger partial charge in [-0.2, -0.15) is 0 Å². The van der Waals surface area contributed by atoms with Crippen molar-refractivity contribution in [3.05, 3.63) is 58.5 Å². The van der Waals surface area contributed by atoms with Crippen LogP contribution in [0.4, 0.5) is 0 Å². The number of nitrogens with one attached hydrogen (secondary N) is 1. The quantitative estimate of drug-likeness (QED) is 0.577. The van der Waals surface area contributed by atoms with Crippen LogP contribution in [-0.4, -0.2) is 21.3 Å². The second-order valence-electron chi connectivity index (χ2n) is 6.74. The molecule has 0 unspecified atom stereocenters. The number of benzene rings is 1. The zero-order chi connectivity index (χ0) is 17.2. The number of hydrogen-bond acceptors (Lipinski definition) is 3. The molecule has 5 heteroatoms. The highest BCUT2D eigenvalue weighted by Crippen LogP contribution is 2.18. The molecule has 0 bridgehead atoms. The number of pyridine rings is 1. The molecule has 1 N–H and O–H groups in total. The Hall–Kier alpha value is -2.69. The summed E-state index contributed by atoms with van der Waals surface area (Å²) in [5.41, 5.74) is 1.57. The van der Waals surface area contributed by atoms with Gasteiger partial charge in [-0.1, -0.05) is 37.8 Å². The number of carbonyl (C=O) groups is 1. The van der Waals surface area contributed by atoms with E-state index >= 15 is 0 Å². The molecular formula is C20H21N3O2. The molecule has 4 rings (SSSR count). The first-order valence-corrected chi connectivity index (χ1v) is 8.94. The van der Waals surface area contributed by atoms with Crippen molar-refractivity contribution in [2.45, 2.75) is 44.6 Å². The Morgan fingerprint density at radius 3 is 2.60 bits per heavy atom. The van der Waals surface area contributed by atoms with E-state index in [1.54, 1.807) is 24.4 Å². The number of fused-ring (bicyclic) bond motifs is 2. The van der Waals surface area contributed by atoms with Gasteiger partial charge in [-0.25, -0.2) is 4.98 Å². The van der Waals surface area contributed by atoms with Gasteiger partial charge < -0.3 is 5.32 Å². The molecule has 1 aromatic carbocycles. The Balaban J connectivity index is 1.68. The molecule has 128 valence electrons. The maximum absolute atomic E-state index is 12.7. The number of aromatic nitrogens is 2. The number of amides is 1. The fourth-order valence-electron chi connectivity index (χ4n) is 3.58. The maximum atomic E-state index is 12.7. The molecular weight excluding hydrogens is 314 g/mol. The Morgan fingerprint density at radius 1 is 1.04 bits per heavy atom. The first kappa shape index (κ1) is 15.8. The van der Waals surface area contributed by atoms with E-state index in [1.807, 2.05) is 18.2 Å². The standard InChI is InChI=1S/C20H21N3O2/c24-19(21-15-7-3-1-2-4-8-15)14-11-12-18-22-17-10-6-5-9-16(17)20(25)23(18)13-14/h5-6,9-13,15H,1-4,7-8H2,(H,21,24). The van der Waals surface area contributed by atoms with E-state index in [0.29, 0.717) is 22.1 Å². The summed E-state index contributed by atoms with van der Waals surface area (Å²) in [7, 11) is 0. The maximum Gasteiger partial charge on any atom is 0.265 e. The van der Waals surface area contributed by atoms with Gasteiger partial charge in [-0.3, -0.25) is 14.0 Å². The topological polar surface area (TPSA) is 63.5 Å². The van der Waals surface area contributed by atoms with Gasteiger partial charge in [0, 0.05) is 12.2 Å². The van der Waals surface area contributed by atoms with E-state index in [0.717, 1.165) is 25.7 Å². The van der Waals surface area contributed by atoms with E-state index in [-0.39, 0.29) is 17.5 Å². The van der Waals surface area contributed by atoms with Gasteiger partial charge in [0.05, 0.1) is 16.5 Å². The zero-order valence-electron chi connectivity index (χ0n) is 14.1. The molecule has 5 nitrogen and oxygen atoms in total. The van der Waals surface area contributed by atoms with E-state index in [9.17, 15) is 9.59 Å². The van der Waals surface area contributed by atoms with Crippen molar-refractivity contribution in [1.29, 1.82) is 0 Å². The van der Waals surface area contributed by atoms with Crippen LogP contribution in [0, 0.1) is 0 Å². The van der Waals surface area contributed by atoms with Crippen molar-refractivity contribution in [2.24, 2.45) is 0 Å². The van der Waals surface area contributed by atoms with Crippen LogP contribution in [0.3, 0.4) is 0 Å². The molecule has 1 aliphatic carbocycles.